The molecule has 2 aromatic rings. The highest BCUT2D eigenvalue weighted by molar-refractivity contribution is 7.88. The van der Waals surface area contributed by atoms with Crippen LogP contribution < -0.4 is 4.72 Å². The summed E-state index contributed by atoms with van der Waals surface area (Å²) in [5, 5.41) is 3.87. The van der Waals surface area contributed by atoms with E-state index in [1.807, 2.05) is 0 Å². The number of aromatic nitrogens is 2. The topological polar surface area (TPSA) is 105 Å². The van der Waals surface area contributed by atoms with Crippen LogP contribution in [-0.2, 0) is 21.2 Å². The van der Waals surface area contributed by atoms with E-state index >= 15 is 0 Å². The van der Waals surface area contributed by atoms with Crippen molar-refractivity contribution >= 4 is 15.9 Å². The van der Waals surface area contributed by atoms with Crippen LogP contribution in [0.5, 0.6) is 0 Å². The Morgan fingerprint density at radius 2 is 2.07 bits per heavy atom. The minimum Gasteiger partial charge on any atom is -0.339 e. The normalized spacial score (nSPS) is 17.6. The summed E-state index contributed by atoms with van der Waals surface area (Å²) in [5.74, 6) is 0.257. The van der Waals surface area contributed by atoms with Crippen LogP contribution in [0.25, 0.3) is 11.4 Å². The van der Waals surface area contributed by atoms with Crippen molar-refractivity contribution in [3.8, 4) is 11.4 Å². The molecule has 1 aromatic carbocycles. The van der Waals surface area contributed by atoms with E-state index in [0.29, 0.717) is 23.8 Å². The third-order valence-corrected chi connectivity index (χ3v) is 5.34. The summed E-state index contributed by atoms with van der Waals surface area (Å²) < 4.78 is 43.3. The van der Waals surface area contributed by atoms with Gasteiger partial charge in [-0.15, -0.1) is 0 Å². The third-order valence-electron chi connectivity index (χ3n) is 4.65. The molecule has 1 aliphatic heterocycles. The standard InChI is InChI=1S/C18H23FN4O4S/c1-28(25,26)20-12-15-4-2-3-11-23(15)17(24)10-9-16-21-18(22-27-16)13-5-7-14(19)8-6-13/h5-8,15,20H,2-4,9-12H2,1H3. The molecule has 1 aromatic heterocycles. The van der Waals surface area contributed by atoms with E-state index < -0.39 is 10.0 Å². The lowest BCUT2D eigenvalue weighted by molar-refractivity contribution is -0.134. The Hall–Kier alpha value is -2.33. The molecule has 1 N–H and O–H groups in total. The molecule has 0 saturated carbocycles. The van der Waals surface area contributed by atoms with E-state index in [0.717, 1.165) is 25.5 Å². The van der Waals surface area contributed by atoms with Crippen LogP contribution in [0.15, 0.2) is 28.8 Å². The Balaban J connectivity index is 1.57. The number of halogens is 1. The third kappa shape index (κ3) is 5.59. The van der Waals surface area contributed by atoms with Crippen molar-refractivity contribution in [3.63, 3.8) is 0 Å². The predicted molar refractivity (Wildman–Crippen MR) is 100 cm³/mol. The van der Waals surface area contributed by atoms with Crippen molar-refractivity contribution in [3.05, 3.63) is 36.0 Å². The van der Waals surface area contributed by atoms with Gasteiger partial charge in [0.1, 0.15) is 5.82 Å². The second-order valence-electron chi connectivity index (χ2n) is 6.88. The van der Waals surface area contributed by atoms with Crippen LogP contribution >= 0.6 is 0 Å². The number of likely N-dealkylation sites (tertiary alicyclic amines) is 1. The number of benzene rings is 1. The van der Waals surface area contributed by atoms with Gasteiger partial charge in [-0.1, -0.05) is 5.16 Å². The molecule has 28 heavy (non-hydrogen) atoms. The molecule has 152 valence electrons. The zero-order valence-corrected chi connectivity index (χ0v) is 16.4. The first-order chi connectivity index (χ1) is 13.3. The smallest absolute Gasteiger partial charge is 0.227 e. The molecule has 0 radical (unpaired) electrons. The van der Waals surface area contributed by atoms with Crippen molar-refractivity contribution in [1.29, 1.82) is 0 Å². The molecule has 0 aliphatic carbocycles. The van der Waals surface area contributed by atoms with Crippen molar-refractivity contribution in [2.75, 3.05) is 19.3 Å². The quantitative estimate of drug-likeness (QED) is 0.745. The number of sulfonamides is 1. The summed E-state index contributed by atoms with van der Waals surface area (Å²) in [6.45, 7) is 0.833. The van der Waals surface area contributed by atoms with Gasteiger partial charge in [0.2, 0.25) is 27.6 Å². The van der Waals surface area contributed by atoms with Gasteiger partial charge in [0.05, 0.1) is 6.26 Å². The molecule has 2 heterocycles. The van der Waals surface area contributed by atoms with Gasteiger partial charge in [-0.2, -0.15) is 4.98 Å². The number of nitrogens with zero attached hydrogens (tertiary/aromatic N) is 3. The zero-order valence-electron chi connectivity index (χ0n) is 15.6. The first kappa shape index (κ1) is 20.4. The highest BCUT2D eigenvalue weighted by Gasteiger charge is 2.27. The second kappa shape index (κ2) is 8.78. The molecule has 0 bridgehead atoms. The van der Waals surface area contributed by atoms with Crippen LogP contribution in [0.1, 0.15) is 31.6 Å². The fourth-order valence-corrected chi connectivity index (χ4v) is 3.71. The summed E-state index contributed by atoms with van der Waals surface area (Å²) in [4.78, 5) is 18.6. The molecular formula is C18H23FN4O4S. The Kier molecular flexibility index (Phi) is 6.40. The molecule has 1 atom stereocenters. The summed E-state index contributed by atoms with van der Waals surface area (Å²) in [6.07, 6.45) is 4.22. The van der Waals surface area contributed by atoms with Gasteiger partial charge in [-0.25, -0.2) is 17.5 Å². The van der Waals surface area contributed by atoms with Gasteiger partial charge < -0.3 is 9.42 Å². The van der Waals surface area contributed by atoms with Gasteiger partial charge in [-0.3, -0.25) is 4.79 Å². The Morgan fingerprint density at radius 3 is 2.79 bits per heavy atom. The van der Waals surface area contributed by atoms with Crippen LogP contribution in [0.4, 0.5) is 4.39 Å². The number of piperidine rings is 1. The summed E-state index contributed by atoms with van der Waals surface area (Å²) >= 11 is 0. The SMILES string of the molecule is CS(=O)(=O)NCC1CCCCN1C(=O)CCc1nc(-c2ccc(F)cc2)no1. The van der Waals surface area contributed by atoms with E-state index in [9.17, 15) is 17.6 Å². The van der Waals surface area contributed by atoms with Crippen molar-refractivity contribution in [2.24, 2.45) is 0 Å². The molecule has 3 rings (SSSR count). The van der Waals surface area contributed by atoms with E-state index in [2.05, 4.69) is 14.9 Å². The van der Waals surface area contributed by atoms with Gasteiger partial charge in [0, 0.05) is 37.5 Å². The molecule has 10 heteroatoms. The number of hydrogen-bond acceptors (Lipinski definition) is 6. The monoisotopic (exact) mass is 410 g/mol. The number of rotatable bonds is 7. The van der Waals surface area contributed by atoms with E-state index in [-0.39, 0.29) is 37.2 Å². The van der Waals surface area contributed by atoms with Gasteiger partial charge in [0.25, 0.3) is 0 Å². The average molecular weight is 410 g/mol. The number of carbonyl (C=O) groups excluding carboxylic acids is 1. The summed E-state index contributed by atoms with van der Waals surface area (Å²) in [7, 11) is -3.30. The van der Waals surface area contributed by atoms with Crippen LogP contribution in [0.2, 0.25) is 0 Å². The van der Waals surface area contributed by atoms with Gasteiger partial charge in [-0.05, 0) is 43.5 Å². The van der Waals surface area contributed by atoms with Crippen LogP contribution in [-0.4, -0.2) is 54.8 Å². The molecule has 1 amide bonds. The van der Waals surface area contributed by atoms with Crippen LogP contribution in [0.3, 0.4) is 0 Å². The van der Waals surface area contributed by atoms with E-state index in [4.69, 9.17) is 4.52 Å². The number of nitrogens with one attached hydrogen (secondary N) is 1. The minimum atomic E-state index is -3.30. The van der Waals surface area contributed by atoms with Crippen LogP contribution in [0, 0.1) is 5.82 Å². The molecule has 1 fully saturated rings. The number of aryl methyl sites for hydroxylation is 1. The lowest BCUT2D eigenvalue weighted by Gasteiger charge is -2.35. The van der Waals surface area contributed by atoms with Crippen molar-refractivity contribution in [2.45, 2.75) is 38.1 Å². The van der Waals surface area contributed by atoms with Gasteiger partial charge >= 0.3 is 0 Å². The highest BCUT2D eigenvalue weighted by Crippen LogP contribution is 2.20. The summed E-state index contributed by atoms with van der Waals surface area (Å²) in [6, 6.07) is 5.60. The number of amides is 1. The molecule has 1 saturated heterocycles. The first-order valence-electron chi connectivity index (χ1n) is 9.14. The van der Waals surface area contributed by atoms with E-state index in [1.165, 1.54) is 12.1 Å². The Labute approximate surface area is 163 Å². The fourth-order valence-electron chi connectivity index (χ4n) is 3.22. The highest BCUT2D eigenvalue weighted by atomic mass is 32.2. The number of carbonyl (C=O) groups is 1. The average Bonchev–Trinajstić information content (AvgIpc) is 3.14. The Morgan fingerprint density at radius 1 is 1.32 bits per heavy atom. The maximum atomic E-state index is 13.0. The van der Waals surface area contributed by atoms with Crippen molar-refractivity contribution < 1.29 is 22.1 Å². The fraction of sp³-hybridized carbons (Fsp3) is 0.500. The lowest BCUT2D eigenvalue weighted by Crippen LogP contribution is -2.49. The predicted octanol–water partition coefficient (Wildman–Crippen LogP) is 1.74. The van der Waals surface area contributed by atoms with E-state index in [1.54, 1.807) is 17.0 Å². The largest absolute Gasteiger partial charge is 0.339 e. The molecular weight excluding hydrogens is 387 g/mol. The maximum Gasteiger partial charge on any atom is 0.227 e. The molecule has 1 unspecified atom stereocenters. The maximum absolute atomic E-state index is 13.0. The molecule has 8 nitrogen and oxygen atoms in total. The zero-order chi connectivity index (χ0) is 20.1. The summed E-state index contributed by atoms with van der Waals surface area (Å²) in [5.41, 5.74) is 0.630. The minimum absolute atomic E-state index is 0.0680. The Bertz CT molecular complexity index is 914. The number of hydrogen-bond donors (Lipinski definition) is 1. The lowest BCUT2D eigenvalue weighted by atomic mass is 10.0. The molecule has 0 spiro atoms. The van der Waals surface area contributed by atoms with Gasteiger partial charge in [0.15, 0.2) is 0 Å². The van der Waals surface area contributed by atoms with Crippen molar-refractivity contribution in [1.82, 2.24) is 19.8 Å². The second-order valence-corrected chi connectivity index (χ2v) is 8.71. The molecule has 1 aliphatic rings. The first-order valence-corrected chi connectivity index (χ1v) is 11.0.